The summed E-state index contributed by atoms with van der Waals surface area (Å²) in [7, 11) is 0. The smallest absolute Gasteiger partial charge is 0.341 e. The van der Waals surface area contributed by atoms with E-state index in [2.05, 4.69) is 10.3 Å². The first kappa shape index (κ1) is 20.1. The molecule has 0 spiro atoms. The number of carbonyl (C=O) groups excluding carboxylic acids is 2. The highest BCUT2D eigenvalue weighted by Gasteiger charge is 2.39. The molecule has 3 rings (SSSR count). The lowest BCUT2D eigenvalue weighted by atomic mass is 9.99. The summed E-state index contributed by atoms with van der Waals surface area (Å²) >= 11 is 0. The molecule has 2 N–H and O–H groups in total. The molecule has 0 fully saturated rings. The Kier molecular flexibility index (Phi) is 5.92. The minimum absolute atomic E-state index is 0.0833. The van der Waals surface area contributed by atoms with E-state index in [9.17, 15) is 22.8 Å². The number of aromatic nitrogens is 1. The van der Waals surface area contributed by atoms with Crippen molar-refractivity contribution in [3.8, 4) is 0 Å². The molecule has 1 unspecified atom stereocenters. The van der Waals surface area contributed by atoms with Gasteiger partial charge >= 0.3 is 12.1 Å². The SMILES string of the molecule is O=C(NC(c1ccccc1)c1ccncc1)c1ccccc1NC(=O)C(F)(F)F. The van der Waals surface area contributed by atoms with Gasteiger partial charge in [0, 0.05) is 12.4 Å². The Hall–Kier alpha value is -3.68. The van der Waals surface area contributed by atoms with Crippen molar-refractivity contribution in [3.05, 3.63) is 95.8 Å². The van der Waals surface area contributed by atoms with Crippen molar-refractivity contribution in [2.24, 2.45) is 0 Å². The number of para-hydroxylation sites is 1. The molecule has 0 radical (unpaired) electrons. The van der Waals surface area contributed by atoms with Crippen LogP contribution in [0.15, 0.2) is 79.1 Å². The monoisotopic (exact) mass is 399 g/mol. The van der Waals surface area contributed by atoms with Gasteiger partial charge < -0.3 is 10.6 Å². The van der Waals surface area contributed by atoms with Gasteiger partial charge in [0.25, 0.3) is 5.91 Å². The summed E-state index contributed by atoms with van der Waals surface area (Å²) in [4.78, 5) is 28.2. The van der Waals surface area contributed by atoms with Crippen LogP contribution < -0.4 is 10.6 Å². The van der Waals surface area contributed by atoms with Crippen molar-refractivity contribution in [3.63, 3.8) is 0 Å². The highest BCUT2D eigenvalue weighted by molar-refractivity contribution is 6.05. The van der Waals surface area contributed by atoms with Gasteiger partial charge in [-0.2, -0.15) is 13.2 Å². The van der Waals surface area contributed by atoms with E-state index >= 15 is 0 Å². The van der Waals surface area contributed by atoms with Crippen molar-refractivity contribution in [1.29, 1.82) is 0 Å². The Morgan fingerprint density at radius 1 is 0.828 bits per heavy atom. The summed E-state index contributed by atoms with van der Waals surface area (Å²) in [6.45, 7) is 0. The highest BCUT2D eigenvalue weighted by Crippen LogP contribution is 2.25. The molecule has 8 heteroatoms. The molecule has 1 heterocycles. The molecule has 0 saturated carbocycles. The molecule has 2 aromatic carbocycles. The van der Waals surface area contributed by atoms with E-state index in [0.717, 1.165) is 11.1 Å². The lowest BCUT2D eigenvalue weighted by Crippen LogP contribution is -2.33. The summed E-state index contributed by atoms with van der Waals surface area (Å²) in [6, 6.07) is 17.5. The number of hydrogen-bond acceptors (Lipinski definition) is 3. The first-order chi connectivity index (χ1) is 13.9. The van der Waals surface area contributed by atoms with Gasteiger partial charge in [-0.3, -0.25) is 14.6 Å². The highest BCUT2D eigenvalue weighted by atomic mass is 19.4. The predicted molar refractivity (Wildman–Crippen MR) is 101 cm³/mol. The normalized spacial score (nSPS) is 12.1. The van der Waals surface area contributed by atoms with E-state index < -0.39 is 24.0 Å². The van der Waals surface area contributed by atoms with E-state index in [-0.39, 0.29) is 11.3 Å². The average molecular weight is 399 g/mol. The van der Waals surface area contributed by atoms with Crippen LogP contribution in [0.25, 0.3) is 0 Å². The van der Waals surface area contributed by atoms with Crippen LogP contribution in [-0.4, -0.2) is 23.0 Å². The van der Waals surface area contributed by atoms with Crippen LogP contribution in [0.5, 0.6) is 0 Å². The molecule has 0 aliphatic heterocycles. The Bertz CT molecular complexity index is 953. The number of alkyl halides is 3. The van der Waals surface area contributed by atoms with Crippen LogP contribution in [0.2, 0.25) is 0 Å². The van der Waals surface area contributed by atoms with Gasteiger partial charge in [-0.15, -0.1) is 0 Å². The molecule has 1 aromatic heterocycles. The van der Waals surface area contributed by atoms with Gasteiger partial charge in [0.15, 0.2) is 0 Å². The Balaban J connectivity index is 1.91. The van der Waals surface area contributed by atoms with Crippen LogP contribution in [0, 0.1) is 0 Å². The standard InChI is InChI=1S/C21H16F3N3O2/c22-21(23,24)20(29)26-17-9-5-4-8-16(17)19(28)27-18(14-6-2-1-3-7-14)15-10-12-25-13-11-15/h1-13,18H,(H,26,29)(H,27,28). The molecule has 0 aliphatic rings. The van der Waals surface area contributed by atoms with Gasteiger partial charge in [-0.25, -0.2) is 0 Å². The first-order valence-electron chi connectivity index (χ1n) is 8.59. The Labute approximate surface area is 164 Å². The van der Waals surface area contributed by atoms with Crippen LogP contribution in [-0.2, 0) is 4.79 Å². The molecular weight excluding hydrogens is 383 g/mol. The third-order valence-corrected chi connectivity index (χ3v) is 4.13. The van der Waals surface area contributed by atoms with Crippen molar-refractivity contribution >= 4 is 17.5 Å². The summed E-state index contributed by atoms with van der Waals surface area (Å²) in [5.41, 5.74) is 1.22. The van der Waals surface area contributed by atoms with Gasteiger partial charge in [0.2, 0.25) is 0 Å². The zero-order chi connectivity index (χ0) is 20.9. The maximum atomic E-state index is 12.9. The molecule has 148 valence electrons. The number of amides is 2. The molecule has 0 saturated heterocycles. The van der Waals surface area contributed by atoms with Crippen LogP contribution in [0.1, 0.15) is 27.5 Å². The third kappa shape index (κ3) is 4.98. The number of pyridine rings is 1. The molecule has 5 nitrogen and oxygen atoms in total. The molecule has 2 amide bonds. The number of benzene rings is 2. The molecule has 3 aromatic rings. The summed E-state index contributed by atoms with van der Waals surface area (Å²) in [6.07, 6.45) is -1.91. The number of nitrogens with zero attached hydrogens (tertiary/aromatic N) is 1. The Morgan fingerprint density at radius 2 is 1.41 bits per heavy atom. The van der Waals surface area contributed by atoms with E-state index in [4.69, 9.17) is 0 Å². The number of carbonyl (C=O) groups is 2. The molecule has 29 heavy (non-hydrogen) atoms. The van der Waals surface area contributed by atoms with E-state index in [0.29, 0.717) is 0 Å². The largest absolute Gasteiger partial charge is 0.471 e. The zero-order valence-electron chi connectivity index (χ0n) is 15.0. The average Bonchev–Trinajstić information content (AvgIpc) is 2.73. The Morgan fingerprint density at radius 3 is 2.07 bits per heavy atom. The quantitative estimate of drug-likeness (QED) is 0.679. The van der Waals surface area contributed by atoms with Crippen molar-refractivity contribution in [2.75, 3.05) is 5.32 Å². The first-order valence-corrected chi connectivity index (χ1v) is 8.59. The summed E-state index contributed by atoms with van der Waals surface area (Å²) < 4.78 is 37.8. The maximum absolute atomic E-state index is 12.9. The topological polar surface area (TPSA) is 71.1 Å². The van der Waals surface area contributed by atoms with E-state index in [1.54, 1.807) is 29.8 Å². The van der Waals surface area contributed by atoms with Crippen LogP contribution in [0.4, 0.5) is 18.9 Å². The second kappa shape index (κ2) is 8.55. The van der Waals surface area contributed by atoms with Crippen molar-refractivity contribution < 1.29 is 22.8 Å². The van der Waals surface area contributed by atoms with Crippen LogP contribution in [0.3, 0.4) is 0 Å². The molecule has 1 atom stereocenters. The lowest BCUT2D eigenvalue weighted by Gasteiger charge is -2.21. The maximum Gasteiger partial charge on any atom is 0.471 e. The summed E-state index contributed by atoms with van der Waals surface area (Å²) in [5, 5.41) is 4.57. The minimum atomic E-state index is -5.06. The number of anilines is 1. The van der Waals surface area contributed by atoms with Crippen molar-refractivity contribution in [1.82, 2.24) is 10.3 Å². The zero-order valence-corrected chi connectivity index (χ0v) is 15.0. The fraction of sp³-hybridized carbons (Fsp3) is 0.0952. The predicted octanol–water partition coefficient (Wildman–Crippen LogP) is 4.10. The second-order valence-corrected chi connectivity index (χ2v) is 6.10. The second-order valence-electron chi connectivity index (χ2n) is 6.10. The van der Waals surface area contributed by atoms with Crippen molar-refractivity contribution in [2.45, 2.75) is 12.2 Å². The molecule has 0 aliphatic carbocycles. The van der Waals surface area contributed by atoms with Gasteiger partial charge in [-0.05, 0) is 35.4 Å². The van der Waals surface area contributed by atoms with Gasteiger partial charge in [0.05, 0.1) is 17.3 Å². The van der Waals surface area contributed by atoms with Crippen LogP contribution >= 0.6 is 0 Å². The van der Waals surface area contributed by atoms with Gasteiger partial charge in [-0.1, -0.05) is 42.5 Å². The lowest BCUT2D eigenvalue weighted by molar-refractivity contribution is -0.167. The van der Waals surface area contributed by atoms with E-state index in [1.165, 1.54) is 24.3 Å². The molecule has 0 bridgehead atoms. The third-order valence-electron chi connectivity index (χ3n) is 4.13. The molecular formula is C21H16F3N3O2. The fourth-order valence-corrected chi connectivity index (χ4v) is 2.75. The van der Waals surface area contributed by atoms with E-state index in [1.807, 2.05) is 30.3 Å². The number of hydrogen-bond donors (Lipinski definition) is 2. The summed E-state index contributed by atoms with van der Waals surface area (Å²) in [5.74, 6) is -2.78. The fourth-order valence-electron chi connectivity index (χ4n) is 2.75. The number of nitrogens with one attached hydrogen (secondary N) is 2. The number of halogens is 3. The number of rotatable bonds is 5. The van der Waals surface area contributed by atoms with Gasteiger partial charge in [0.1, 0.15) is 0 Å². The minimum Gasteiger partial charge on any atom is -0.341 e.